The third-order valence-corrected chi connectivity index (χ3v) is 10.3. The zero-order valence-corrected chi connectivity index (χ0v) is 30.2. The first-order valence-corrected chi connectivity index (χ1v) is 18.2. The maximum atomic E-state index is 14.3. The van der Waals surface area contributed by atoms with Gasteiger partial charge >= 0.3 is 0 Å². The minimum Gasteiger partial charge on any atom is -0.344 e. The molecule has 6 atom stereocenters. The van der Waals surface area contributed by atoms with Crippen LogP contribution in [0.4, 0.5) is 0 Å². The largest absolute Gasteiger partial charge is 0.344 e. The normalized spacial score (nSPS) is 20.6. The number of ketones is 5. The van der Waals surface area contributed by atoms with E-state index >= 15 is 0 Å². The van der Waals surface area contributed by atoms with Crippen LogP contribution in [-0.2, 0) is 40.0 Å². The van der Waals surface area contributed by atoms with Crippen LogP contribution in [0, 0.1) is 35.5 Å². The zero-order valence-electron chi connectivity index (χ0n) is 30.2. The molecule has 3 rings (SSSR count). The molecule has 0 spiro atoms. The molecule has 1 aromatic rings. The lowest BCUT2D eigenvalue weighted by atomic mass is 9.84. The number of unbranched alkanes of at least 4 members (excludes halogenated alkanes) is 1. The summed E-state index contributed by atoms with van der Waals surface area (Å²) < 4.78 is 0. The van der Waals surface area contributed by atoms with Crippen molar-refractivity contribution >= 4 is 40.7 Å². The number of aromatic nitrogens is 4. The van der Waals surface area contributed by atoms with Gasteiger partial charge in [0, 0.05) is 56.9 Å². The number of aryl methyl sites for hydroxylation is 1. The van der Waals surface area contributed by atoms with Gasteiger partial charge < -0.3 is 15.0 Å². The maximum Gasteiger partial charge on any atom is 0.246 e. The number of fused-ring (bicyclic) bond motifs is 1. The summed E-state index contributed by atoms with van der Waals surface area (Å²) in [5.74, 6) is -3.50. The molecule has 2 fully saturated rings. The Morgan fingerprint density at radius 2 is 1.67 bits per heavy atom. The molecule has 2 amide bonds. The van der Waals surface area contributed by atoms with Crippen molar-refractivity contribution < 1.29 is 33.6 Å². The number of Topliss-reactive ketones (excluding diaryl/α,β-unsaturated/α-hetero) is 5. The Bertz CT molecular complexity index is 1330. The van der Waals surface area contributed by atoms with Gasteiger partial charge in [-0.05, 0) is 62.7 Å². The van der Waals surface area contributed by atoms with Gasteiger partial charge in [0.25, 0.3) is 0 Å². The Morgan fingerprint density at radius 1 is 0.939 bits per heavy atom. The van der Waals surface area contributed by atoms with E-state index in [0.717, 1.165) is 25.7 Å². The Balaban J connectivity index is 1.70. The molecule has 2 heterocycles. The third-order valence-electron chi connectivity index (χ3n) is 10.3. The second-order valence-electron chi connectivity index (χ2n) is 14.8. The molecule has 272 valence electrons. The van der Waals surface area contributed by atoms with Crippen LogP contribution in [0.1, 0.15) is 124 Å². The first-order chi connectivity index (χ1) is 23.2. The highest BCUT2D eigenvalue weighted by Gasteiger charge is 2.51. The lowest BCUT2D eigenvalue weighted by molar-refractivity contribution is -0.145. The number of H-pyrrole nitrogens is 1. The molecule has 13 heteroatoms. The quantitative estimate of drug-likeness (QED) is 0.134. The molecule has 2 N–H and O–H groups in total. The van der Waals surface area contributed by atoms with Gasteiger partial charge in [0.2, 0.25) is 17.6 Å². The molecule has 1 saturated heterocycles. The van der Waals surface area contributed by atoms with E-state index in [0.29, 0.717) is 44.5 Å². The van der Waals surface area contributed by atoms with Crippen molar-refractivity contribution in [3.63, 3.8) is 0 Å². The molecular formula is C36H56N6O7. The number of hydrogen-bond donors (Lipinski definition) is 2. The Hall–Kier alpha value is -3.64. The molecule has 1 aliphatic heterocycles. The third kappa shape index (κ3) is 11.2. The van der Waals surface area contributed by atoms with Crippen LogP contribution in [0.2, 0.25) is 0 Å². The van der Waals surface area contributed by atoms with Crippen LogP contribution in [0.25, 0.3) is 0 Å². The first-order valence-electron chi connectivity index (χ1n) is 18.2. The van der Waals surface area contributed by atoms with Gasteiger partial charge in [-0.25, -0.2) is 0 Å². The summed E-state index contributed by atoms with van der Waals surface area (Å²) in [5.41, 5.74) is 0. The lowest BCUT2D eigenvalue weighted by Crippen LogP contribution is -2.56. The fourth-order valence-corrected chi connectivity index (χ4v) is 7.45. The van der Waals surface area contributed by atoms with E-state index in [2.05, 4.69) is 25.9 Å². The Labute approximate surface area is 289 Å². The molecule has 1 aromatic heterocycles. The minimum atomic E-state index is -0.894. The van der Waals surface area contributed by atoms with Crippen molar-refractivity contribution in [2.45, 2.75) is 137 Å². The molecule has 0 bridgehead atoms. The van der Waals surface area contributed by atoms with Gasteiger partial charge in [-0.1, -0.05) is 52.7 Å². The second-order valence-corrected chi connectivity index (χ2v) is 14.8. The molecule has 1 saturated carbocycles. The Kier molecular flexibility index (Phi) is 15.4. The average Bonchev–Trinajstić information content (AvgIpc) is 3.80. The predicted octanol–water partition coefficient (Wildman–Crippen LogP) is 3.79. The highest BCUT2D eigenvalue weighted by atomic mass is 16.2. The number of tetrazole rings is 1. The van der Waals surface area contributed by atoms with Crippen molar-refractivity contribution in [3.05, 3.63) is 5.82 Å². The smallest absolute Gasteiger partial charge is 0.246 e. The average molecular weight is 685 g/mol. The molecule has 0 radical (unpaired) electrons. The SMILES string of the molecule is CCCC(CC(=O)[C@@H]1[C@H]2CCC[C@H]2CN1C(=O)[C@@H](NC(=O)[C@H](CC(=O)CCCCc1nn[nH]n1)C(C)C)C(C)C)C(=O)C(=O)CCC(C)=O. The van der Waals surface area contributed by atoms with Crippen molar-refractivity contribution in [2.24, 2.45) is 35.5 Å². The number of nitrogens with one attached hydrogen (secondary N) is 2. The summed E-state index contributed by atoms with van der Waals surface area (Å²) in [6.07, 6.45) is 5.64. The van der Waals surface area contributed by atoms with Crippen molar-refractivity contribution in [1.29, 1.82) is 0 Å². The maximum absolute atomic E-state index is 14.3. The van der Waals surface area contributed by atoms with Crippen molar-refractivity contribution in [1.82, 2.24) is 30.8 Å². The van der Waals surface area contributed by atoms with Gasteiger partial charge in [-0.2, -0.15) is 5.21 Å². The van der Waals surface area contributed by atoms with E-state index in [1.54, 1.807) is 4.90 Å². The number of rotatable bonds is 22. The fraction of sp³-hybridized carbons (Fsp3) is 0.778. The topological polar surface area (TPSA) is 189 Å². The molecule has 49 heavy (non-hydrogen) atoms. The molecule has 13 nitrogen and oxygen atoms in total. The van der Waals surface area contributed by atoms with Crippen LogP contribution in [0.3, 0.4) is 0 Å². The predicted molar refractivity (Wildman–Crippen MR) is 181 cm³/mol. The van der Waals surface area contributed by atoms with Gasteiger partial charge in [-0.3, -0.25) is 28.8 Å². The van der Waals surface area contributed by atoms with Crippen LogP contribution < -0.4 is 5.32 Å². The minimum absolute atomic E-state index is 0.0111. The number of nitrogens with zero attached hydrogens (tertiary/aromatic N) is 4. The molecule has 1 aliphatic carbocycles. The molecule has 1 unspecified atom stereocenters. The highest BCUT2D eigenvalue weighted by molar-refractivity contribution is 6.38. The number of amides is 2. The molecule has 0 aromatic carbocycles. The van der Waals surface area contributed by atoms with Crippen molar-refractivity contribution in [2.75, 3.05) is 6.54 Å². The molecular weight excluding hydrogens is 628 g/mol. The van der Waals surface area contributed by atoms with Gasteiger partial charge in [0.15, 0.2) is 17.4 Å². The van der Waals surface area contributed by atoms with E-state index in [4.69, 9.17) is 0 Å². The molecule has 2 aliphatic rings. The van der Waals surface area contributed by atoms with Gasteiger partial charge in [0.05, 0.1) is 6.04 Å². The summed E-state index contributed by atoms with van der Waals surface area (Å²) in [4.78, 5) is 93.6. The Morgan fingerprint density at radius 3 is 2.29 bits per heavy atom. The summed E-state index contributed by atoms with van der Waals surface area (Å²) in [6, 6.07) is -1.62. The number of carbonyl (C=O) groups excluding carboxylic acids is 7. The van der Waals surface area contributed by atoms with E-state index in [9.17, 15) is 33.6 Å². The van der Waals surface area contributed by atoms with E-state index in [1.807, 2.05) is 34.6 Å². The summed E-state index contributed by atoms with van der Waals surface area (Å²) >= 11 is 0. The van der Waals surface area contributed by atoms with Crippen LogP contribution in [0.15, 0.2) is 0 Å². The first kappa shape index (κ1) is 39.8. The van der Waals surface area contributed by atoms with Gasteiger partial charge in [-0.15, -0.1) is 10.2 Å². The second kappa shape index (κ2) is 18.9. The van der Waals surface area contributed by atoms with Crippen molar-refractivity contribution in [3.8, 4) is 0 Å². The zero-order chi connectivity index (χ0) is 36.2. The summed E-state index contributed by atoms with van der Waals surface area (Å²) in [5, 5.41) is 16.7. The summed E-state index contributed by atoms with van der Waals surface area (Å²) in [6.45, 7) is 11.1. The highest BCUT2D eigenvalue weighted by Crippen LogP contribution is 2.43. The van der Waals surface area contributed by atoms with Gasteiger partial charge in [0.1, 0.15) is 17.6 Å². The fourth-order valence-electron chi connectivity index (χ4n) is 7.45. The number of aromatic amines is 1. The van der Waals surface area contributed by atoms with Crippen LogP contribution in [-0.4, -0.2) is 84.9 Å². The number of carbonyl (C=O) groups is 7. The number of likely N-dealkylation sites (tertiary alicyclic amines) is 1. The summed E-state index contributed by atoms with van der Waals surface area (Å²) in [7, 11) is 0. The van der Waals surface area contributed by atoms with Crippen LogP contribution in [0.5, 0.6) is 0 Å². The standard InChI is InChI=1S/C36H56N6O7/c1-7-11-24(34(47)29(45)17-16-23(6)43)18-30(46)33-27-14-10-12-25(27)20-42(33)36(49)32(22(4)5)37-35(48)28(21(2)3)19-26(44)13-8-9-15-31-38-40-41-39-31/h21-22,24-25,27-28,32-33H,7-20H2,1-6H3,(H,37,48)(H,38,39,40,41)/t24?,25-,27-,28+,32-,33-/m0/s1. The van der Waals surface area contributed by atoms with E-state index in [1.165, 1.54) is 6.92 Å². The van der Waals surface area contributed by atoms with E-state index in [-0.39, 0.29) is 78.5 Å². The van der Waals surface area contributed by atoms with Crippen LogP contribution >= 0.6 is 0 Å². The lowest BCUT2D eigenvalue weighted by Gasteiger charge is -2.33. The van der Waals surface area contributed by atoms with E-state index < -0.39 is 35.5 Å². The number of hydrogen-bond acceptors (Lipinski definition) is 10. The monoisotopic (exact) mass is 684 g/mol.